The molecule has 31 heavy (non-hydrogen) atoms. The molecule has 1 aromatic heterocycles. The van der Waals surface area contributed by atoms with Crippen LogP contribution in [0.15, 0.2) is 28.9 Å². The molecule has 2 heterocycles. The van der Waals surface area contributed by atoms with Gasteiger partial charge in [-0.25, -0.2) is 4.72 Å². The Morgan fingerprint density at radius 1 is 1.35 bits per heavy atom. The van der Waals surface area contributed by atoms with Crippen LogP contribution >= 0.6 is 0 Å². The molecule has 2 aromatic rings. The van der Waals surface area contributed by atoms with E-state index in [9.17, 15) is 13.2 Å². The van der Waals surface area contributed by atoms with Gasteiger partial charge >= 0.3 is 10.2 Å². The van der Waals surface area contributed by atoms with E-state index in [4.69, 9.17) is 13.9 Å². The van der Waals surface area contributed by atoms with Crippen molar-refractivity contribution in [2.24, 2.45) is 0 Å². The highest BCUT2D eigenvalue weighted by Crippen LogP contribution is 2.28. The van der Waals surface area contributed by atoms with Gasteiger partial charge in [0.05, 0.1) is 19.3 Å². The number of aryl methyl sites for hydroxylation is 1. The number of carbonyl (C=O) groups excluding carboxylic acids is 1. The van der Waals surface area contributed by atoms with Gasteiger partial charge in [-0.3, -0.25) is 4.79 Å². The van der Waals surface area contributed by atoms with Crippen molar-refractivity contribution in [2.45, 2.75) is 32.8 Å². The Labute approximate surface area is 182 Å². The van der Waals surface area contributed by atoms with E-state index in [1.165, 1.54) is 7.11 Å². The zero-order chi connectivity index (χ0) is 22.6. The van der Waals surface area contributed by atoms with Crippen LogP contribution in [0, 0.1) is 6.92 Å². The third-order valence-electron chi connectivity index (χ3n) is 4.90. The van der Waals surface area contributed by atoms with Crippen molar-refractivity contribution in [1.82, 2.24) is 14.0 Å². The van der Waals surface area contributed by atoms with Crippen molar-refractivity contribution in [3.63, 3.8) is 0 Å². The van der Waals surface area contributed by atoms with Crippen LogP contribution in [0.5, 0.6) is 0 Å². The molecule has 170 valence electrons. The number of hydrogen-bond donors (Lipinski definition) is 2. The first-order valence-corrected chi connectivity index (χ1v) is 11.4. The molecule has 1 aromatic carbocycles. The summed E-state index contributed by atoms with van der Waals surface area (Å²) in [5.74, 6) is -0.622. The predicted molar refractivity (Wildman–Crippen MR) is 115 cm³/mol. The van der Waals surface area contributed by atoms with Crippen molar-refractivity contribution in [3.8, 4) is 0 Å². The van der Waals surface area contributed by atoms with Gasteiger partial charge in [0.1, 0.15) is 6.26 Å². The van der Waals surface area contributed by atoms with Crippen LogP contribution in [0.4, 0.5) is 11.7 Å². The van der Waals surface area contributed by atoms with Crippen LogP contribution in [0.2, 0.25) is 0 Å². The molecule has 0 aliphatic carbocycles. The first-order valence-electron chi connectivity index (χ1n) is 9.95. The first-order chi connectivity index (χ1) is 14.7. The van der Waals surface area contributed by atoms with E-state index >= 15 is 0 Å². The zero-order valence-electron chi connectivity index (χ0n) is 18.0. The summed E-state index contributed by atoms with van der Waals surface area (Å²) < 4.78 is 44.3. The summed E-state index contributed by atoms with van der Waals surface area (Å²) in [4.78, 5) is 16.6. The number of methoxy groups -OCH3 is 1. The highest BCUT2D eigenvalue weighted by molar-refractivity contribution is 7.87. The molecule has 1 saturated heterocycles. The molecular weight excluding hydrogens is 424 g/mol. The van der Waals surface area contributed by atoms with Gasteiger partial charge in [-0.15, -0.1) is 0 Å². The minimum absolute atomic E-state index is 0.0794. The number of carbonyl (C=O) groups is 1. The average molecular weight is 453 g/mol. The van der Waals surface area contributed by atoms with E-state index in [0.29, 0.717) is 0 Å². The number of nitrogens with one attached hydrogen (secondary N) is 2. The Morgan fingerprint density at radius 2 is 2.13 bits per heavy atom. The molecule has 1 fully saturated rings. The summed E-state index contributed by atoms with van der Waals surface area (Å²) in [6.07, 6.45) is 0.697. The highest BCUT2D eigenvalue weighted by Gasteiger charge is 2.30. The van der Waals surface area contributed by atoms with Gasteiger partial charge in [-0.05, 0) is 30.0 Å². The van der Waals surface area contributed by atoms with Crippen LogP contribution < -0.4 is 10.0 Å². The molecule has 10 nitrogen and oxygen atoms in total. The van der Waals surface area contributed by atoms with E-state index in [-0.39, 0.29) is 43.9 Å². The van der Waals surface area contributed by atoms with Crippen LogP contribution in [0.1, 0.15) is 41.4 Å². The lowest BCUT2D eigenvalue weighted by molar-refractivity contribution is 0.0258. The minimum Gasteiger partial charge on any atom is -0.431 e. The Balaban J connectivity index is 1.71. The van der Waals surface area contributed by atoms with E-state index in [1.54, 1.807) is 0 Å². The second-order valence-corrected chi connectivity index (χ2v) is 9.31. The van der Waals surface area contributed by atoms with Gasteiger partial charge in [0.15, 0.2) is 5.69 Å². The molecule has 0 saturated carbocycles. The van der Waals surface area contributed by atoms with E-state index in [0.717, 1.165) is 27.4 Å². The smallest absolute Gasteiger partial charge is 0.304 e. The highest BCUT2D eigenvalue weighted by atomic mass is 32.2. The molecule has 1 unspecified atom stereocenters. The molecular formula is C20H28N4O6S. The molecule has 1 aliphatic rings. The van der Waals surface area contributed by atoms with Crippen LogP contribution in [0.25, 0.3) is 0 Å². The SMILES string of the molecule is COC1COCCN(S(=O)(=O)NC(=O)c2coc(Nc3cc(C)ccc3C(C)C)n2)C1. The largest absolute Gasteiger partial charge is 0.431 e. The Kier molecular flexibility index (Phi) is 7.31. The lowest BCUT2D eigenvalue weighted by Crippen LogP contribution is -2.47. The van der Waals surface area contributed by atoms with Gasteiger partial charge in [-0.2, -0.15) is 17.7 Å². The normalized spacial score (nSPS) is 18.0. The second-order valence-electron chi connectivity index (χ2n) is 7.64. The van der Waals surface area contributed by atoms with Crippen LogP contribution in [0.3, 0.4) is 0 Å². The molecule has 0 radical (unpaired) electrons. The maximum atomic E-state index is 12.6. The zero-order valence-corrected chi connectivity index (χ0v) is 18.9. The van der Waals surface area contributed by atoms with Crippen molar-refractivity contribution >= 4 is 27.8 Å². The van der Waals surface area contributed by atoms with Crippen molar-refractivity contribution in [3.05, 3.63) is 41.3 Å². The van der Waals surface area contributed by atoms with Gasteiger partial charge in [0, 0.05) is 25.9 Å². The number of aromatic nitrogens is 1. The Bertz CT molecular complexity index is 1020. The van der Waals surface area contributed by atoms with Gasteiger partial charge in [0.2, 0.25) is 0 Å². The van der Waals surface area contributed by atoms with Crippen molar-refractivity contribution in [1.29, 1.82) is 0 Å². The van der Waals surface area contributed by atoms with Gasteiger partial charge in [-0.1, -0.05) is 26.0 Å². The summed E-state index contributed by atoms with van der Waals surface area (Å²) in [6, 6.07) is 6.08. The average Bonchev–Trinajstić information content (AvgIpc) is 3.02. The summed E-state index contributed by atoms with van der Waals surface area (Å²) in [7, 11) is -2.62. The molecule has 11 heteroatoms. The fourth-order valence-corrected chi connectivity index (χ4v) is 4.32. The maximum Gasteiger partial charge on any atom is 0.304 e. The van der Waals surface area contributed by atoms with E-state index in [2.05, 4.69) is 24.1 Å². The molecule has 1 atom stereocenters. The third-order valence-corrected chi connectivity index (χ3v) is 6.36. The molecule has 2 N–H and O–H groups in total. The van der Waals surface area contributed by atoms with Gasteiger partial charge in [0.25, 0.3) is 11.9 Å². The number of nitrogens with zero attached hydrogens (tertiary/aromatic N) is 2. The standard InChI is InChI=1S/C20H28N4O6S/c1-13(2)16-6-5-14(3)9-17(16)21-20-22-18(12-30-20)19(25)23-31(26,27)24-7-8-29-11-15(10-24)28-4/h5-6,9,12-13,15H,7-8,10-11H2,1-4H3,(H,21,22)(H,23,25). The topological polar surface area (TPSA) is 123 Å². The monoisotopic (exact) mass is 452 g/mol. The number of ether oxygens (including phenoxy) is 2. The first kappa shape index (κ1) is 23.2. The van der Waals surface area contributed by atoms with Gasteiger partial charge < -0.3 is 19.2 Å². The molecule has 0 bridgehead atoms. The molecule has 1 aliphatic heterocycles. The van der Waals surface area contributed by atoms with Crippen molar-refractivity contribution < 1.29 is 27.1 Å². The fourth-order valence-electron chi connectivity index (χ4n) is 3.18. The van der Waals surface area contributed by atoms with E-state index in [1.807, 2.05) is 29.8 Å². The number of rotatable bonds is 7. The summed E-state index contributed by atoms with van der Waals surface area (Å²) in [5, 5.41) is 3.07. The van der Waals surface area contributed by atoms with Crippen LogP contribution in [-0.2, 0) is 19.7 Å². The predicted octanol–water partition coefficient (Wildman–Crippen LogP) is 2.17. The minimum atomic E-state index is -4.10. The molecule has 0 spiro atoms. The molecule has 1 amide bonds. The summed E-state index contributed by atoms with van der Waals surface area (Å²) in [6.45, 7) is 6.79. The lowest BCUT2D eigenvalue weighted by Gasteiger charge is -2.22. The number of hydrogen-bond acceptors (Lipinski definition) is 8. The Morgan fingerprint density at radius 3 is 2.84 bits per heavy atom. The quantitative estimate of drug-likeness (QED) is 0.655. The van der Waals surface area contributed by atoms with Crippen molar-refractivity contribution in [2.75, 3.05) is 38.7 Å². The fraction of sp³-hybridized carbons (Fsp3) is 0.500. The number of oxazole rings is 1. The maximum absolute atomic E-state index is 12.6. The van der Waals surface area contributed by atoms with Crippen LogP contribution in [-0.4, -0.2) is 63.1 Å². The summed E-state index contributed by atoms with van der Waals surface area (Å²) in [5.41, 5.74) is 2.78. The number of anilines is 2. The number of benzene rings is 1. The van der Waals surface area contributed by atoms with E-state index < -0.39 is 22.2 Å². The summed E-state index contributed by atoms with van der Waals surface area (Å²) >= 11 is 0. The molecule has 3 rings (SSSR count). The third kappa shape index (κ3) is 5.82. The Hall–Kier alpha value is -2.47. The number of amides is 1. The lowest BCUT2D eigenvalue weighted by atomic mass is 9.99. The second kappa shape index (κ2) is 9.77.